The minimum atomic E-state index is -0.370. The number of hydrogen-bond acceptors (Lipinski definition) is 7. The van der Waals surface area contributed by atoms with Crippen LogP contribution in [-0.2, 0) is 16.0 Å². The molecule has 1 amide bonds. The number of carbonyl (C=O) groups is 2. The lowest BCUT2D eigenvalue weighted by atomic mass is 10.1. The van der Waals surface area contributed by atoms with Crippen LogP contribution in [0, 0.1) is 0 Å². The lowest BCUT2D eigenvalue weighted by molar-refractivity contribution is -0.115. The van der Waals surface area contributed by atoms with Gasteiger partial charge in [-0.15, -0.1) is 0 Å². The smallest absolute Gasteiger partial charge is 0.338 e. The van der Waals surface area contributed by atoms with Gasteiger partial charge in [0.05, 0.1) is 24.3 Å². The Kier molecular flexibility index (Phi) is 6.16. The van der Waals surface area contributed by atoms with Crippen LogP contribution in [0.1, 0.15) is 35.8 Å². The third-order valence-electron chi connectivity index (χ3n) is 4.69. The van der Waals surface area contributed by atoms with Crippen molar-refractivity contribution in [1.29, 1.82) is 0 Å². The molecule has 1 N–H and O–H groups in total. The van der Waals surface area contributed by atoms with Gasteiger partial charge < -0.3 is 24.1 Å². The maximum Gasteiger partial charge on any atom is 0.338 e. The highest BCUT2D eigenvalue weighted by molar-refractivity contribution is 5.94. The second-order valence-corrected chi connectivity index (χ2v) is 7.04. The molecule has 2 aromatic carbocycles. The van der Waals surface area contributed by atoms with Crippen LogP contribution in [0.4, 0.5) is 5.69 Å². The highest BCUT2D eigenvalue weighted by Gasteiger charge is 2.17. The highest BCUT2D eigenvalue weighted by atomic mass is 16.7. The minimum absolute atomic E-state index is 0.0505. The molecule has 0 aliphatic carbocycles. The zero-order chi connectivity index (χ0) is 21.6. The fraction of sp³-hybridized carbons (Fsp3) is 0.261. The first-order valence-corrected chi connectivity index (χ1v) is 10.0. The molecule has 0 radical (unpaired) electrons. The number of unbranched alkanes of at least 4 members (excludes halogenated alkanes) is 1. The van der Waals surface area contributed by atoms with E-state index in [0.717, 1.165) is 18.4 Å². The van der Waals surface area contributed by atoms with Crippen molar-refractivity contribution in [3.8, 4) is 22.8 Å². The number of amides is 1. The van der Waals surface area contributed by atoms with Gasteiger partial charge in [0, 0.05) is 17.3 Å². The topological polar surface area (TPSA) is 99.9 Å². The summed E-state index contributed by atoms with van der Waals surface area (Å²) < 4.78 is 21.2. The predicted molar refractivity (Wildman–Crippen MR) is 112 cm³/mol. The van der Waals surface area contributed by atoms with Crippen LogP contribution in [0.3, 0.4) is 0 Å². The molecule has 0 atom stereocenters. The van der Waals surface area contributed by atoms with E-state index in [1.807, 2.05) is 19.1 Å². The van der Waals surface area contributed by atoms with Crippen molar-refractivity contribution in [3.05, 3.63) is 59.8 Å². The molecule has 4 rings (SSSR count). The van der Waals surface area contributed by atoms with Gasteiger partial charge in [-0.1, -0.05) is 18.5 Å². The normalized spacial score (nSPS) is 11.9. The summed E-state index contributed by atoms with van der Waals surface area (Å²) in [6.45, 7) is 2.63. The molecule has 0 spiro atoms. The summed E-state index contributed by atoms with van der Waals surface area (Å²) in [5.74, 6) is 1.25. The first-order valence-electron chi connectivity index (χ1n) is 10.0. The van der Waals surface area contributed by atoms with Gasteiger partial charge in [0.1, 0.15) is 0 Å². The number of anilines is 1. The molecule has 0 saturated heterocycles. The SMILES string of the molecule is CCCCOC(=O)c1ccc(NC(=O)Cc2cc(-c3ccc4c(c3)OCO4)on2)cc1. The second kappa shape index (κ2) is 9.34. The highest BCUT2D eigenvalue weighted by Crippen LogP contribution is 2.36. The summed E-state index contributed by atoms with van der Waals surface area (Å²) in [4.78, 5) is 24.3. The number of nitrogens with zero attached hydrogens (tertiary/aromatic N) is 1. The van der Waals surface area contributed by atoms with E-state index in [4.69, 9.17) is 18.7 Å². The number of rotatable bonds is 8. The molecule has 2 heterocycles. The Morgan fingerprint density at radius 2 is 1.87 bits per heavy atom. The van der Waals surface area contributed by atoms with Crippen LogP contribution >= 0.6 is 0 Å². The molecule has 31 heavy (non-hydrogen) atoms. The summed E-state index contributed by atoms with van der Waals surface area (Å²) in [7, 11) is 0. The van der Waals surface area contributed by atoms with Gasteiger partial charge in [-0.25, -0.2) is 4.79 Å². The Hall–Kier alpha value is -3.81. The quantitative estimate of drug-likeness (QED) is 0.429. The van der Waals surface area contributed by atoms with Gasteiger partial charge in [-0.2, -0.15) is 0 Å². The van der Waals surface area contributed by atoms with Gasteiger partial charge in [-0.05, 0) is 48.9 Å². The van der Waals surface area contributed by atoms with E-state index in [-0.39, 0.29) is 25.1 Å². The molecular weight excluding hydrogens is 400 g/mol. The average Bonchev–Trinajstić information content (AvgIpc) is 3.43. The number of benzene rings is 2. The predicted octanol–water partition coefficient (Wildman–Crippen LogP) is 4.21. The van der Waals surface area contributed by atoms with E-state index in [1.165, 1.54) is 0 Å². The minimum Gasteiger partial charge on any atom is -0.462 e. The van der Waals surface area contributed by atoms with E-state index in [9.17, 15) is 9.59 Å². The Balaban J connectivity index is 1.32. The van der Waals surface area contributed by atoms with Gasteiger partial charge >= 0.3 is 5.97 Å². The molecule has 0 unspecified atom stereocenters. The van der Waals surface area contributed by atoms with E-state index in [1.54, 1.807) is 36.4 Å². The van der Waals surface area contributed by atoms with Crippen LogP contribution in [0.15, 0.2) is 53.1 Å². The third-order valence-corrected chi connectivity index (χ3v) is 4.69. The van der Waals surface area contributed by atoms with E-state index < -0.39 is 0 Å². The van der Waals surface area contributed by atoms with Crippen molar-refractivity contribution in [2.45, 2.75) is 26.2 Å². The van der Waals surface area contributed by atoms with Gasteiger partial charge in [0.15, 0.2) is 17.3 Å². The molecule has 8 nitrogen and oxygen atoms in total. The number of esters is 1. The van der Waals surface area contributed by atoms with Gasteiger partial charge in [0.25, 0.3) is 0 Å². The maximum atomic E-state index is 12.4. The largest absolute Gasteiger partial charge is 0.462 e. The average molecular weight is 422 g/mol. The summed E-state index contributed by atoms with van der Waals surface area (Å²) in [5, 5.41) is 6.75. The van der Waals surface area contributed by atoms with Crippen molar-refractivity contribution in [1.82, 2.24) is 5.16 Å². The van der Waals surface area contributed by atoms with E-state index in [2.05, 4.69) is 10.5 Å². The summed E-state index contributed by atoms with van der Waals surface area (Å²) in [5.41, 5.74) is 2.31. The molecule has 1 aromatic heterocycles. The first kappa shape index (κ1) is 20.5. The zero-order valence-electron chi connectivity index (χ0n) is 17.1. The molecule has 0 bridgehead atoms. The number of hydrogen-bond donors (Lipinski definition) is 1. The molecular formula is C23H22N2O6. The van der Waals surface area contributed by atoms with Crippen LogP contribution in [0.5, 0.6) is 11.5 Å². The lowest BCUT2D eigenvalue weighted by Crippen LogP contribution is -2.14. The standard InChI is InChI=1S/C23H22N2O6/c1-2-3-10-28-23(27)15-4-7-17(8-5-15)24-22(26)13-18-12-20(31-25-18)16-6-9-19-21(11-16)30-14-29-19/h4-9,11-12H,2-3,10,13-14H2,1H3,(H,24,26). The number of nitrogens with one attached hydrogen (secondary N) is 1. The Morgan fingerprint density at radius 1 is 1.06 bits per heavy atom. The molecule has 0 fully saturated rings. The monoisotopic (exact) mass is 422 g/mol. The molecule has 8 heteroatoms. The van der Waals surface area contributed by atoms with Crippen LogP contribution < -0.4 is 14.8 Å². The molecule has 3 aromatic rings. The van der Waals surface area contributed by atoms with Crippen molar-refractivity contribution in [2.75, 3.05) is 18.7 Å². The van der Waals surface area contributed by atoms with Crippen LogP contribution in [-0.4, -0.2) is 30.4 Å². The fourth-order valence-corrected chi connectivity index (χ4v) is 3.03. The summed E-state index contributed by atoms with van der Waals surface area (Å²) >= 11 is 0. The van der Waals surface area contributed by atoms with E-state index in [0.29, 0.717) is 40.8 Å². The number of aromatic nitrogens is 1. The van der Waals surface area contributed by atoms with Crippen molar-refractivity contribution < 1.29 is 28.3 Å². The second-order valence-electron chi connectivity index (χ2n) is 7.04. The maximum absolute atomic E-state index is 12.4. The molecule has 160 valence electrons. The Morgan fingerprint density at radius 3 is 2.68 bits per heavy atom. The van der Waals surface area contributed by atoms with Crippen molar-refractivity contribution >= 4 is 17.6 Å². The summed E-state index contributed by atoms with van der Waals surface area (Å²) in [6, 6.07) is 13.7. The first-order chi connectivity index (χ1) is 15.1. The number of ether oxygens (including phenoxy) is 3. The van der Waals surface area contributed by atoms with Crippen LogP contribution in [0.2, 0.25) is 0 Å². The molecule has 1 aliphatic rings. The number of carbonyl (C=O) groups excluding carboxylic acids is 2. The lowest BCUT2D eigenvalue weighted by Gasteiger charge is -2.06. The Labute approximate surface area is 179 Å². The third kappa shape index (κ3) is 5.03. The van der Waals surface area contributed by atoms with E-state index >= 15 is 0 Å². The summed E-state index contributed by atoms with van der Waals surface area (Å²) in [6.07, 6.45) is 1.84. The van der Waals surface area contributed by atoms with Crippen LogP contribution in [0.25, 0.3) is 11.3 Å². The molecule has 0 saturated carbocycles. The molecule has 1 aliphatic heterocycles. The zero-order valence-corrected chi connectivity index (χ0v) is 17.1. The van der Waals surface area contributed by atoms with Gasteiger partial charge in [0.2, 0.25) is 12.7 Å². The van der Waals surface area contributed by atoms with Crippen molar-refractivity contribution in [3.63, 3.8) is 0 Å². The number of fused-ring (bicyclic) bond motifs is 1. The Bertz CT molecular complexity index is 1070. The fourth-order valence-electron chi connectivity index (χ4n) is 3.03. The van der Waals surface area contributed by atoms with Crippen molar-refractivity contribution in [2.24, 2.45) is 0 Å². The van der Waals surface area contributed by atoms with Gasteiger partial charge in [-0.3, -0.25) is 4.79 Å².